The van der Waals surface area contributed by atoms with Crippen LogP contribution in [0, 0.1) is 0 Å². The molecule has 6 nitrogen and oxygen atoms in total. The average Bonchev–Trinajstić information content (AvgIpc) is 2.85. The topological polar surface area (TPSA) is 73.9 Å². The van der Waals surface area contributed by atoms with Crippen LogP contribution in [0.25, 0.3) is 0 Å². The number of methoxy groups -OCH3 is 1. The molecule has 178 valence electrons. The van der Waals surface area contributed by atoms with Gasteiger partial charge in [0.05, 0.1) is 25.2 Å². The first-order chi connectivity index (χ1) is 15.9. The summed E-state index contributed by atoms with van der Waals surface area (Å²) in [6.07, 6.45) is 5.45. The molecule has 2 aromatic rings. The summed E-state index contributed by atoms with van der Waals surface area (Å²) in [5, 5.41) is 3.08. The lowest BCUT2D eigenvalue weighted by atomic mass is 9.68. The smallest absolute Gasteiger partial charge is 0.341 e. The average molecular weight is 454 g/mol. The molecule has 0 saturated heterocycles. The Kier molecular flexibility index (Phi) is 8.37. The van der Waals surface area contributed by atoms with Crippen LogP contribution in [0.3, 0.4) is 0 Å². The second-order valence-electron chi connectivity index (χ2n) is 8.59. The van der Waals surface area contributed by atoms with E-state index >= 15 is 0 Å². The molecule has 1 unspecified atom stereocenters. The predicted molar refractivity (Wildman–Crippen MR) is 129 cm³/mol. The molecule has 1 atom stereocenters. The highest BCUT2D eigenvalue weighted by atomic mass is 16.5. The maximum absolute atomic E-state index is 13.7. The second-order valence-corrected chi connectivity index (χ2v) is 8.59. The van der Waals surface area contributed by atoms with Gasteiger partial charge in [0.15, 0.2) is 0 Å². The van der Waals surface area contributed by atoms with Crippen LogP contribution in [0.15, 0.2) is 42.5 Å². The third-order valence-corrected chi connectivity index (χ3v) is 6.42. The van der Waals surface area contributed by atoms with Gasteiger partial charge in [-0.05, 0) is 69.0 Å². The molecule has 6 heteroatoms. The minimum atomic E-state index is -0.611. The van der Waals surface area contributed by atoms with Crippen molar-refractivity contribution in [2.24, 2.45) is 0 Å². The van der Waals surface area contributed by atoms with Crippen LogP contribution in [0.2, 0.25) is 0 Å². The number of carbonyl (C=O) groups is 2. The molecule has 1 aliphatic carbocycles. The van der Waals surface area contributed by atoms with Gasteiger partial charge in [-0.2, -0.15) is 0 Å². The number of hydrogen-bond donors (Lipinski definition) is 1. The first-order valence-electron chi connectivity index (χ1n) is 11.9. The molecule has 0 radical (unpaired) electrons. The molecule has 1 amide bonds. The van der Waals surface area contributed by atoms with Crippen LogP contribution >= 0.6 is 0 Å². The number of esters is 1. The zero-order valence-corrected chi connectivity index (χ0v) is 20.1. The van der Waals surface area contributed by atoms with Gasteiger partial charge in [-0.3, -0.25) is 4.79 Å². The lowest BCUT2D eigenvalue weighted by Crippen LogP contribution is -2.42. The second kappa shape index (κ2) is 11.2. The van der Waals surface area contributed by atoms with E-state index in [2.05, 4.69) is 5.32 Å². The van der Waals surface area contributed by atoms with E-state index in [1.54, 1.807) is 32.2 Å². The Balaban J connectivity index is 1.91. The molecule has 0 aromatic heterocycles. The number of carbonyl (C=O) groups excluding carboxylic acids is 2. The Morgan fingerprint density at radius 3 is 2.33 bits per heavy atom. The van der Waals surface area contributed by atoms with E-state index in [-0.39, 0.29) is 18.6 Å². The summed E-state index contributed by atoms with van der Waals surface area (Å²) >= 11 is 0. The van der Waals surface area contributed by atoms with Crippen LogP contribution in [-0.2, 0) is 14.9 Å². The number of amides is 1. The SMILES string of the molecule is CCOC(=O)c1cc(NC(=O)C2(c3ccc(OC)cc3)CCCCC2)ccc1OC(C)CC. The Morgan fingerprint density at radius 1 is 1.03 bits per heavy atom. The van der Waals surface area contributed by atoms with Crippen molar-refractivity contribution in [1.29, 1.82) is 0 Å². The van der Waals surface area contributed by atoms with E-state index in [1.807, 2.05) is 38.1 Å². The largest absolute Gasteiger partial charge is 0.497 e. The molecule has 2 aromatic carbocycles. The first kappa shape index (κ1) is 24.6. The maximum atomic E-state index is 13.7. The van der Waals surface area contributed by atoms with Crippen molar-refractivity contribution in [2.75, 3.05) is 19.0 Å². The third kappa shape index (κ3) is 5.67. The van der Waals surface area contributed by atoms with Gasteiger partial charge in [0.1, 0.15) is 17.1 Å². The molecule has 0 aliphatic heterocycles. The number of rotatable bonds is 9. The Morgan fingerprint density at radius 2 is 1.73 bits per heavy atom. The number of nitrogens with one attached hydrogen (secondary N) is 1. The summed E-state index contributed by atoms with van der Waals surface area (Å²) in [5.74, 6) is 0.705. The minimum Gasteiger partial charge on any atom is -0.497 e. The molecular formula is C27H35NO5. The van der Waals surface area contributed by atoms with Crippen LogP contribution in [0.1, 0.15) is 75.2 Å². The highest BCUT2D eigenvalue weighted by Crippen LogP contribution is 2.41. The van der Waals surface area contributed by atoms with E-state index in [1.165, 1.54) is 0 Å². The van der Waals surface area contributed by atoms with Crippen LogP contribution in [0.5, 0.6) is 11.5 Å². The minimum absolute atomic E-state index is 0.0424. The maximum Gasteiger partial charge on any atom is 0.341 e. The van der Waals surface area contributed by atoms with Gasteiger partial charge in [-0.15, -0.1) is 0 Å². The first-order valence-corrected chi connectivity index (χ1v) is 11.9. The Bertz CT molecular complexity index is 947. The van der Waals surface area contributed by atoms with Gasteiger partial charge in [-0.1, -0.05) is 38.3 Å². The molecule has 1 fully saturated rings. The highest BCUT2D eigenvalue weighted by molar-refractivity contribution is 6.01. The van der Waals surface area contributed by atoms with Crippen molar-refractivity contribution in [2.45, 2.75) is 70.8 Å². The van der Waals surface area contributed by atoms with Crippen LogP contribution in [-0.4, -0.2) is 31.7 Å². The van der Waals surface area contributed by atoms with E-state index in [9.17, 15) is 9.59 Å². The molecular weight excluding hydrogens is 418 g/mol. The van der Waals surface area contributed by atoms with Gasteiger partial charge >= 0.3 is 5.97 Å². The van der Waals surface area contributed by atoms with E-state index in [4.69, 9.17) is 14.2 Å². The lowest BCUT2D eigenvalue weighted by Gasteiger charge is -2.36. The van der Waals surface area contributed by atoms with Crippen molar-refractivity contribution in [3.63, 3.8) is 0 Å². The molecule has 3 rings (SSSR count). The van der Waals surface area contributed by atoms with Crippen molar-refractivity contribution < 1.29 is 23.8 Å². The summed E-state index contributed by atoms with van der Waals surface area (Å²) in [6, 6.07) is 12.9. The number of benzene rings is 2. The van der Waals surface area contributed by atoms with Gasteiger partial charge < -0.3 is 19.5 Å². The van der Waals surface area contributed by atoms with Gasteiger partial charge in [0, 0.05) is 5.69 Å². The zero-order chi connectivity index (χ0) is 23.8. The van der Waals surface area contributed by atoms with Crippen molar-refractivity contribution in [3.8, 4) is 11.5 Å². The van der Waals surface area contributed by atoms with Gasteiger partial charge in [0.25, 0.3) is 0 Å². The molecule has 33 heavy (non-hydrogen) atoms. The Labute approximate surface area is 196 Å². The van der Waals surface area contributed by atoms with Crippen molar-refractivity contribution in [1.82, 2.24) is 0 Å². The number of ether oxygens (including phenoxy) is 3. The summed E-state index contributed by atoms with van der Waals surface area (Å²) in [4.78, 5) is 26.3. The van der Waals surface area contributed by atoms with Crippen molar-refractivity contribution >= 4 is 17.6 Å². The van der Waals surface area contributed by atoms with Gasteiger partial charge in [-0.25, -0.2) is 4.79 Å². The molecule has 1 aliphatic rings. The number of hydrogen-bond acceptors (Lipinski definition) is 5. The normalized spacial score (nSPS) is 15.9. The zero-order valence-electron chi connectivity index (χ0n) is 20.1. The quantitative estimate of drug-likeness (QED) is 0.479. The summed E-state index contributed by atoms with van der Waals surface area (Å²) in [5.41, 5.74) is 1.25. The molecule has 1 N–H and O–H groups in total. The Hall–Kier alpha value is -3.02. The van der Waals surface area contributed by atoms with Crippen LogP contribution < -0.4 is 14.8 Å². The monoisotopic (exact) mass is 453 g/mol. The fourth-order valence-corrected chi connectivity index (χ4v) is 4.34. The predicted octanol–water partition coefficient (Wildman–Crippen LogP) is 5.89. The van der Waals surface area contributed by atoms with Crippen molar-refractivity contribution in [3.05, 3.63) is 53.6 Å². The molecule has 0 bridgehead atoms. The summed E-state index contributed by atoms with van der Waals surface area (Å²) < 4.78 is 16.4. The van der Waals surface area contributed by atoms with E-state index in [0.717, 1.165) is 49.8 Å². The van der Waals surface area contributed by atoms with E-state index < -0.39 is 11.4 Å². The summed E-state index contributed by atoms with van der Waals surface area (Å²) in [6.45, 7) is 6.00. The molecule has 0 heterocycles. The van der Waals surface area contributed by atoms with Crippen LogP contribution in [0.4, 0.5) is 5.69 Å². The fraction of sp³-hybridized carbons (Fsp3) is 0.481. The standard InChI is InChI=1S/C27H35NO5/c1-5-19(3)33-24-15-12-21(18-23(24)25(29)32-6-2)28-26(30)27(16-8-7-9-17-27)20-10-13-22(31-4)14-11-20/h10-15,18-19H,5-9,16-17H2,1-4H3,(H,28,30). The number of anilines is 1. The summed E-state index contributed by atoms with van der Waals surface area (Å²) in [7, 11) is 1.63. The van der Waals surface area contributed by atoms with E-state index in [0.29, 0.717) is 17.0 Å². The van der Waals surface area contributed by atoms with Gasteiger partial charge in [0.2, 0.25) is 5.91 Å². The molecule has 0 spiro atoms. The third-order valence-electron chi connectivity index (χ3n) is 6.42. The highest BCUT2D eigenvalue weighted by Gasteiger charge is 2.41. The lowest BCUT2D eigenvalue weighted by molar-refractivity contribution is -0.122. The molecule has 1 saturated carbocycles. The fourth-order valence-electron chi connectivity index (χ4n) is 4.34.